The first kappa shape index (κ1) is 14.0. The topological polar surface area (TPSA) is 80.6 Å². The number of carbonyl (C=O) groups excluding carboxylic acids is 2. The number of methoxy groups -OCH3 is 1. The number of furan rings is 1. The molecule has 0 atom stereocenters. The third kappa shape index (κ3) is 3.30. The third-order valence-corrected chi connectivity index (χ3v) is 2.71. The van der Waals surface area contributed by atoms with Crippen molar-refractivity contribution in [3.63, 3.8) is 0 Å². The van der Waals surface area contributed by atoms with Crippen LogP contribution in [0, 0.1) is 0 Å². The number of amides is 2. The zero-order chi connectivity index (χ0) is 14.5. The van der Waals surface area contributed by atoms with E-state index in [1.54, 1.807) is 24.3 Å². The van der Waals surface area contributed by atoms with Gasteiger partial charge in [0, 0.05) is 11.4 Å². The zero-order valence-electron chi connectivity index (χ0n) is 10.5. The lowest BCUT2D eigenvalue weighted by Crippen LogP contribution is -2.13. The van der Waals surface area contributed by atoms with Gasteiger partial charge in [-0.05, 0) is 35.9 Å². The molecule has 0 radical (unpaired) electrons. The Morgan fingerprint density at radius 3 is 2.50 bits per heavy atom. The maximum Gasteiger partial charge on any atom is 0.411 e. The van der Waals surface area contributed by atoms with Gasteiger partial charge in [-0.2, -0.15) is 0 Å². The summed E-state index contributed by atoms with van der Waals surface area (Å²) in [6.45, 7) is 0. The summed E-state index contributed by atoms with van der Waals surface area (Å²) in [4.78, 5) is 23.0. The molecule has 0 unspecified atom stereocenters. The van der Waals surface area contributed by atoms with Crippen molar-refractivity contribution in [2.75, 3.05) is 17.7 Å². The minimum absolute atomic E-state index is 0.0198. The molecule has 6 nitrogen and oxygen atoms in total. The summed E-state index contributed by atoms with van der Waals surface area (Å²) < 4.78 is 9.33. The molecule has 0 spiro atoms. The minimum Gasteiger partial charge on any atom is -0.453 e. The van der Waals surface area contributed by atoms with Gasteiger partial charge in [-0.15, -0.1) is 0 Å². The van der Waals surface area contributed by atoms with Crippen molar-refractivity contribution < 1.29 is 18.7 Å². The predicted octanol–water partition coefficient (Wildman–Crippen LogP) is 3.36. The van der Waals surface area contributed by atoms with Crippen LogP contribution >= 0.6 is 11.6 Å². The number of nitrogens with one attached hydrogen (secondary N) is 2. The molecule has 2 aromatic rings. The first-order chi connectivity index (χ1) is 9.60. The number of rotatable bonds is 3. The van der Waals surface area contributed by atoms with E-state index in [4.69, 9.17) is 16.0 Å². The molecule has 2 N–H and O–H groups in total. The van der Waals surface area contributed by atoms with Crippen molar-refractivity contribution >= 4 is 35.0 Å². The highest BCUT2D eigenvalue weighted by Crippen LogP contribution is 2.20. The summed E-state index contributed by atoms with van der Waals surface area (Å²) in [5, 5.41) is 5.16. The molecule has 20 heavy (non-hydrogen) atoms. The van der Waals surface area contributed by atoms with E-state index in [0.29, 0.717) is 11.4 Å². The van der Waals surface area contributed by atoms with Crippen LogP contribution in [0.25, 0.3) is 0 Å². The fraction of sp³-hybridized carbons (Fsp3) is 0.0769. The van der Waals surface area contributed by atoms with Gasteiger partial charge in [-0.3, -0.25) is 10.1 Å². The Morgan fingerprint density at radius 1 is 1.20 bits per heavy atom. The van der Waals surface area contributed by atoms with Crippen molar-refractivity contribution in [1.29, 1.82) is 0 Å². The van der Waals surface area contributed by atoms with E-state index in [-0.39, 0.29) is 10.8 Å². The van der Waals surface area contributed by atoms with Gasteiger partial charge in [0.25, 0.3) is 5.91 Å². The summed E-state index contributed by atoms with van der Waals surface area (Å²) in [5.41, 5.74) is 1.23. The number of halogens is 1. The number of carbonyl (C=O) groups is 2. The zero-order valence-corrected chi connectivity index (χ0v) is 11.2. The molecule has 0 aliphatic carbocycles. The van der Waals surface area contributed by atoms with Crippen LogP contribution in [-0.4, -0.2) is 19.1 Å². The molecular formula is C13H11ClN2O4. The average molecular weight is 295 g/mol. The van der Waals surface area contributed by atoms with Gasteiger partial charge in [0.05, 0.1) is 18.9 Å². The Bertz CT molecular complexity index is 639. The van der Waals surface area contributed by atoms with E-state index in [2.05, 4.69) is 15.4 Å². The number of hydrogen-bond acceptors (Lipinski definition) is 4. The molecule has 0 aliphatic rings. The molecule has 104 valence electrons. The molecule has 0 saturated heterocycles. The second-order valence-corrected chi connectivity index (χ2v) is 4.10. The van der Waals surface area contributed by atoms with Crippen molar-refractivity contribution in [3.05, 3.63) is 47.4 Å². The summed E-state index contributed by atoms with van der Waals surface area (Å²) in [5.74, 6) is -0.404. The van der Waals surface area contributed by atoms with Crippen LogP contribution in [-0.2, 0) is 4.74 Å². The van der Waals surface area contributed by atoms with Gasteiger partial charge in [-0.25, -0.2) is 4.79 Å². The maximum atomic E-state index is 11.9. The molecule has 2 amide bonds. The molecule has 1 aromatic heterocycles. The number of benzene rings is 1. The summed E-state index contributed by atoms with van der Waals surface area (Å²) >= 11 is 5.72. The Balaban J connectivity index is 2.10. The lowest BCUT2D eigenvalue weighted by Gasteiger charge is -2.07. The lowest BCUT2D eigenvalue weighted by atomic mass is 10.2. The number of anilines is 2. The summed E-state index contributed by atoms with van der Waals surface area (Å²) in [7, 11) is 1.27. The van der Waals surface area contributed by atoms with E-state index < -0.39 is 12.0 Å². The minimum atomic E-state index is -0.591. The van der Waals surface area contributed by atoms with E-state index in [1.165, 1.54) is 19.4 Å². The number of ether oxygens (including phenoxy) is 1. The van der Waals surface area contributed by atoms with E-state index in [9.17, 15) is 9.59 Å². The van der Waals surface area contributed by atoms with Crippen LogP contribution in [0.4, 0.5) is 16.2 Å². The van der Waals surface area contributed by atoms with Crippen LogP contribution < -0.4 is 10.6 Å². The average Bonchev–Trinajstić information content (AvgIpc) is 2.85. The number of hydrogen-bond donors (Lipinski definition) is 2. The monoisotopic (exact) mass is 294 g/mol. The molecule has 1 heterocycles. The Kier molecular flexibility index (Phi) is 4.27. The van der Waals surface area contributed by atoms with Gasteiger partial charge in [0.15, 0.2) is 0 Å². The van der Waals surface area contributed by atoms with Crippen molar-refractivity contribution in [2.24, 2.45) is 0 Å². The van der Waals surface area contributed by atoms with Crippen LogP contribution in [0.1, 0.15) is 10.4 Å². The second-order valence-electron chi connectivity index (χ2n) is 3.76. The molecule has 0 bridgehead atoms. The van der Waals surface area contributed by atoms with Crippen LogP contribution in [0.15, 0.2) is 41.0 Å². The quantitative estimate of drug-likeness (QED) is 0.909. The Morgan fingerprint density at radius 2 is 1.90 bits per heavy atom. The van der Waals surface area contributed by atoms with E-state index >= 15 is 0 Å². The van der Waals surface area contributed by atoms with Crippen molar-refractivity contribution in [2.45, 2.75) is 0 Å². The highest BCUT2D eigenvalue weighted by molar-refractivity contribution is 6.32. The second kappa shape index (κ2) is 6.12. The Labute approximate surface area is 119 Å². The maximum absolute atomic E-state index is 11.9. The SMILES string of the molecule is COC(=O)Nc1cccc(NC(=O)c2ccoc2Cl)c1. The molecule has 0 saturated carbocycles. The smallest absolute Gasteiger partial charge is 0.411 e. The van der Waals surface area contributed by atoms with E-state index in [1.807, 2.05) is 0 Å². The molecular weight excluding hydrogens is 284 g/mol. The third-order valence-electron chi connectivity index (χ3n) is 2.41. The Hall–Kier alpha value is -2.47. The van der Waals surface area contributed by atoms with Gasteiger partial charge in [0.2, 0.25) is 5.22 Å². The fourth-order valence-corrected chi connectivity index (χ4v) is 1.70. The van der Waals surface area contributed by atoms with Crippen molar-refractivity contribution in [1.82, 2.24) is 0 Å². The van der Waals surface area contributed by atoms with Crippen LogP contribution in [0.3, 0.4) is 0 Å². The van der Waals surface area contributed by atoms with Gasteiger partial charge < -0.3 is 14.5 Å². The van der Waals surface area contributed by atoms with Crippen LogP contribution in [0.2, 0.25) is 5.22 Å². The predicted molar refractivity (Wildman–Crippen MR) is 74.1 cm³/mol. The van der Waals surface area contributed by atoms with Gasteiger partial charge in [-0.1, -0.05) is 6.07 Å². The van der Waals surface area contributed by atoms with E-state index in [0.717, 1.165) is 0 Å². The molecule has 0 fully saturated rings. The fourth-order valence-electron chi connectivity index (χ4n) is 1.50. The summed E-state index contributed by atoms with van der Waals surface area (Å²) in [6, 6.07) is 8.07. The highest BCUT2D eigenvalue weighted by Gasteiger charge is 2.13. The van der Waals surface area contributed by atoms with Crippen LogP contribution in [0.5, 0.6) is 0 Å². The first-order valence-electron chi connectivity index (χ1n) is 5.59. The molecule has 2 rings (SSSR count). The standard InChI is InChI=1S/C13H11ClN2O4/c1-19-13(18)16-9-4-2-3-8(7-9)15-12(17)10-5-6-20-11(10)14/h2-7H,1H3,(H,15,17)(H,16,18). The summed E-state index contributed by atoms with van der Waals surface area (Å²) in [6.07, 6.45) is 0.735. The highest BCUT2D eigenvalue weighted by atomic mass is 35.5. The van der Waals surface area contributed by atoms with Gasteiger partial charge in [0.1, 0.15) is 0 Å². The van der Waals surface area contributed by atoms with Crippen molar-refractivity contribution in [3.8, 4) is 0 Å². The molecule has 7 heteroatoms. The normalized spacial score (nSPS) is 9.90. The molecule has 1 aromatic carbocycles. The lowest BCUT2D eigenvalue weighted by molar-refractivity contribution is 0.102. The largest absolute Gasteiger partial charge is 0.453 e. The molecule has 0 aliphatic heterocycles. The van der Waals surface area contributed by atoms with Gasteiger partial charge >= 0.3 is 6.09 Å². The first-order valence-corrected chi connectivity index (χ1v) is 5.97.